The highest BCUT2D eigenvalue weighted by Gasteiger charge is 2.28. The predicted molar refractivity (Wildman–Crippen MR) is 60.3 cm³/mol. The summed E-state index contributed by atoms with van der Waals surface area (Å²) in [5.41, 5.74) is 1.64. The quantitative estimate of drug-likeness (QED) is 0.685. The maximum Gasteiger partial charge on any atom is 0.0194 e. The van der Waals surface area contributed by atoms with Gasteiger partial charge in [0.05, 0.1) is 0 Å². The summed E-state index contributed by atoms with van der Waals surface area (Å²) in [4.78, 5) is 2.59. The molecule has 0 bridgehead atoms. The van der Waals surface area contributed by atoms with Gasteiger partial charge in [-0.2, -0.15) is 0 Å². The van der Waals surface area contributed by atoms with E-state index >= 15 is 0 Å². The highest BCUT2D eigenvalue weighted by Crippen LogP contribution is 2.24. The Morgan fingerprint density at radius 2 is 2.29 bits per heavy atom. The van der Waals surface area contributed by atoms with E-state index in [0.717, 1.165) is 18.4 Å². The second-order valence-electron chi connectivity index (χ2n) is 5.01. The molecule has 2 rings (SSSR count). The fourth-order valence-corrected chi connectivity index (χ4v) is 2.26. The van der Waals surface area contributed by atoms with E-state index in [1.165, 1.54) is 32.6 Å². The molecule has 0 spiro atoms. The minimum absolute atomic E-state index is 0.869. The van der Waals surface area contributed by atoms with Crippen molar-refractivity contribution in [2.75, 3.05) is 32.7 Å². The number of nitrogens with one attached hydrogen (secondary N) is 1. The molecule has 0 amide bonds. The minimum Gasteiger partial charge on any atom is -0.313 e. The SMILES string of the molecule is CC(C)C1CN(CC2=CCNCC2)C1. The second kappa shape index (κ2) is 4.45. The molecule has 2 nitrogen and oxygen atoms in total. The van der Waals surface area contributed by atoms with E-state index in [2.05, 4.69) is 30.1 Å². The van der Waals surface area contributed by atoms with Crippen molar-refractivity contribution in [1.82, 2.24) is 10.2 Å². The summed E-state index contributed by atoms with van der Waals surface area (Å²) >= 11 is 0. The van der Waals surface area contributed by atoms with Crippen molar-refractivity contribution >= 4 is 0 Å². The highest BCUT2D eigenvalue weighted by atomic mass is 15.2. The number of hydrogen-bond acceptors (Lipinski definition) is 2. The molecule has 0 unspecified atom stereocenters. The topological polar surface area (TPSA) is 15.3 Å². The third kappa shape index (κ3) is 2.37. The first-order valence-electron chi connectivity index (χ1n) is 5.86. The van der Waals surface area contributed by atoms with E-state index in [1.54, 1.807) is 5.57 Å². The van der Waals surface area contributed by atoms with Crippen LogP contribution < -0.4 is 5.32 Å². The van der Waals surface area contributed by atoms with Crippen LogP contribution in [0.4, 0.5) is 0 Å². The van der Waals surface area contributed by atoms with Crippen molar-refractivity contribution in [2.24, 2.45) is 11.8 Å². The number of nitrogens with zero attached hydrogens (tertiary/aromatic N) is 1. The molecule has 1 fully saturated rings. The Bertz CT molecular complexity index is 214. The number of hydrogen-bond donors (Lipinski definition) is 1. The maximum absolute atomic E-state index is 3.36. The van der Waals surface area contributed by atoms with E-state index in [-0.39, 0.29) is 0 Å². The van der Waals surface area contributed by atoms with Crippen LogP contribution in [-0.4, -0.2) is 37.6 Å². The summed E-state index contributed by atoms with van der Waals surface area (Å²) in [5.74, 6) is 1.82. The Morgan fingerprint density at radius 3 is 2.86 bits per heavy atom. The zero-order chi connectivity index (χ0) is 9.97. The molecule has 0 aromatic rings. The van der Waals surface area contributed by atoms with Gasteiger partial charge in [-0.05, 0) is 24.8 Å². The highest BCUT2D eigenvalue weighted by molar-refractivity contribution is 5.10. The lowest BCUT2D eigenvalue weighted by molar-refractivity contribution is 0.0773. The molecule has 2 heterocycles. The minimum atomic E-state index is 0.869. The lowest BCUT2D eigenvalue weighted by Gasteiger charge is -2.42. The van der Waals surface area contributed by atoms with E-state index in [1.807, 2.05) is 0 Å². The van der Waals surface area contributed by atoms with Crippen molar-refractivity contribution in [3.05, 3.63) is 11.6 Å². The fourth-order valence-electron chi connectivity index (χ4n) is 2.26. The zero-order valence-corrected chi connectivity index (χ0v) is 9.42. The van der Waals surface area contributed by atoms with Crippen molar-refractivity contribution < 1.29 is 0 Å². The average molecular weight is 194 g/mol. The van der Waals surface area contributed by atoms with Crippen LogP contribution in [0.1, 0.15) is 20.3 Å². The standard InChI is InChI=1S/C12H22N2/c1-10(2)12-8-14(9-12)7-11-3-5-13-6-4-11/h3,10,12-13H,4-9H2,1-2H3. The normalized spacial score (nSPS) is 24.9. The Morgan fingerprint density at radius 1 is 1.50 bits per heavy atom. The van der Waals surface area contributed by atoms with Gasteiger partial charge in [0.15, 0.2) is 0 Å². The first kappa shape index (κ1) is 10.2. The second-order valence-corrected chi connectivity index (χ2v) is 5.01. The Kier molecular flexibility index (Phi) is 3.24. The van der Waals surface area contributed by atoms with Crippen LogP contribution in [0.5, 0.6) is 0 Å². The smallest absolute Gasteiger partial charge is 0.0194 e. The van der Waals surface area contributed by atoms with Gasteiger partial charge in [-0.3, -0.25) is 4.90 Å². The molecule has 14 heavy (non-hydrogen) atoms. The molecule has 0 atom stereocenters. The molecule has 1 N–H and O–H groups in total. The van der Waals surface area contributed by atoms with Crippen LogP contribution in [-0.2, 0) is 0 Å². The molecule has 2 heteroatoms. The van der Waals surface area contributed by atoms with Crippen molar-refractivity contribution in [1.29, 1.82) is 0 Å². The summed E-state index contributed by atoms with van der Waals surface area (Å²) in [5, 5.41) is 3.36. The molecular weight excluding hydrogens is 172 g/mol. The van der Waals surface area contributed by atoms with Crippen molar-refractivity contribution in [3.8, 4) is 0 Å². The fraction of sp³-hybridized carbons (Fsp3) is 0.833. The predicted octanol–water partition coefficient (Wildman–Crippen LogP) is 1.49. The first-order valence-corrected chi connectivity index (χ1v) is 5.86. The third-order valence-electron chi connectivity index (χ3n) is 3.51. The monoisotopic (exact) mass is 194 g/mol. The molecule has 1 saturated heterocycles. The zero-order valence-electron chi connectivity index (χ0n) is 9.42. The van der Waals surface area contributed by atoms with Gasteiger partial charge in [-0.1, -0.05) is 25.5 Å². The molecular formula is C12H22N2. The Labute approximate surface area is 87.4 Å². The van der Waals surface area contributed by atoms with Gasteiger partial charge in [0, 0.05) is 26.2 Å². The van der Waals surface area contributed by atoms with E-state index in [0.29, 0.717) is 0 Å². The average Bonchev–Trinajstić information content (AvgIpc) is 2.12. The summed E-state index contributed by atoms with van der Waals surface area (Å²) in [6.45, 7) is 10.8. The van der Waals surface area contributed by atoms with Crippen LogP contribution in [0.2, 0.25) is 0 Å². The lowest BCUT2D eigenvalue weighted by Crippen LogP contribution is -2.49. The molecule has 0 aromatic carbocycles. The number of likely N-dealkylation sites (tertiary alicyclic amines) is 1. The molecule has 0 saturated carbocycles. The van der Waals surface area contributed by atoms with Gasteiger partial charge in [0.1, 0.15) is 0 Å². The van der Waals surface area contributed by atoms with Crippen LogP contribution in [0.3, 0.4) is 0 Å². The Balaban J connectivity index is 1.70. The van der Waals surface area contributed by atoms with Gasteiger partial charge in [0.2, 0.25) is 0 Å². The van der Waals surface area contributed by atoms with Crippen molar-refractivity contribution in [3.63, 3.8) is 0 Å². The first-order chi connectivity index (χ1) is 6.75. The van der Waals surface area contributed by atoms with Gasteiger partial charge in [-0.25, -0.2) is 0 Å². The third-order valence-corrected chi connectivity index (χ3v) is 3.51. The van der Waals surface area contributed by atoms with Gasteiger partial charge < -0.3 is 5.32 Å². The van der Waals surface area contributed by atoms with Crippen LogP contribution in [0.15, 0.2) is 11.6 Å². The summed E-state index contributed by atoms with van der Waals surface area (Å²) in [7, 11) is 0. The summed E-state index contributed by atoms with van der Waals surface area (Å²) in [6, 6.07) is 0. The molecule has 0 radical (unpaired) electrons. The van der Waals surface area contributed by atoms with Gasteiger partial charge >= 0.3 is 0 Å². The maximum atomic E-state index is 3.36. The van der Waals surface area contributed by atoms with Crippen molar-refractivity contribution in [2.45, 2.75) is 20.3 Å². The van der Waals surface area contributed by atoms with E-state index in [4.69, 9.17) is 0 Å². The van der Waals surface area contributed by atoms with Gasteiger partial charge in [-0.15, -0.1) is 0 Å². The Hall–Kier alpha value is -0.340. The molecule has 2 aliphatic rings. The van der Waals surface area contributed by atoms with Crippen LogP contribution in [0, 0.1) is 11.8 Å². The van der Waals surface area contributed by atoms with Gasteiger partial charge in [0.25, 0.3) is 0 Å². The molecule has 80 valence electrons. The largest absolute Gasteiger partial charge is 0.313 e. The van der Waals surface area contributed by atoms with Crippen LogP contribution >= 0.6 is 0 Å². The lowest BCUT2D eigenvalue weighted by atomic mass is 9.88. The summed E-state index contributed by atoms with van der Waals surface area (Å²) < 4.78 is 0. The van der Waals surface area contributed by atoms with E-state index in [9.17, 15) is 0 Å². The molecule has 0 aromatic heterocycles. The molecule has 0 aliphatic carbocycles. The van der Waals surface area contributed by atoms with E-state index < -0.39 is 0 Å². The molecule has 2 aliphatic heterocycles. The number of rotatable bonds is 3. The van der Waals surface area contributed by atoms with Crippen LogP contribution in [0.25, 0.3) is 0 Å². The summed E-state index contributed by atoms with van der Waals surface area (Å²) in [6.07, 6.45) is 3.62.